The van der Waals surface area contributed by atoms with E-state index in [0.717, 1.165) is 16.6 Å². The third kappa shape index (κ3) is 3.13. The van der Waals surface area contributed by atoms with Gasteiger partial charge in [0.05, 0.1) is 5.52 Å². The number of nitrogens with one attached hydrogen (secondary N) is 1. The molecule has 0 atom stereocenters. The highest BCUT2D eigenvalue weighted by atomic mass is 15.0. The maximum Gasteiger partial charge on any atom is 0.114 e. The van der Waals surface area contributed by atoms with Crippen LogP contribution in [0.3, 0.4) is 0 Å². The van der Waals surface area contributed by atoms with Crippen molar-refractivity contribution in [2.75, 3.05) is 5.32 Å². The molecule has 144 valence electrons. The maximum absolute atomic E-state index is 4.55. The van der Waals surface area contributed by atoms with E-state index in [0.29, 0.717) is 0 Å². The molecule has 2 nitrogen and oxygen atoms in total. The van der Waals surface area contributed by atoms with Gasteiger partial charge in [-0.1, -0.05) is 109 Å². The second-order valence-corrected chi connectivity index (χ2v) is 7.35. The summed E-state index contributed by atoms with van der Waals surface area (Å²) in [5.74, 6) is 0. The quantitative estimate of drug-likeness (QED) is 0.343. The summed E-state index contributed by atoms with van der Waals surface area (Å²) in [4.78, 5) is 4.55. The van der Waals surface area contributed by atoms with Crippen LogP contribution in [-0.2, 0) is 5.54 Å². The Hall–Kier alpha value is -3.91. The van der Waals surface area contributed by atoms with Gasteiger partial charge in [-0.3, -0.25) is 4.98 Å². The molecule has 4 aromatic carbocycles. The van der Waals surface area contributed by atoms with Gasteiger partial charge < -0.3 is 5.32 Å². The zero-order chi connectivity index (χ0) is 20.2. The fourth-order valence-electron chi connectivity index (χ4n) is 4.19. The number of anilines is 1. The number of para-hydroxylation sites is 1. The fraction of sp³-hybridized carbons (Fsp3) is 0.0357. The Morgan fingerprint density at radius 3 is 1.50 bits per heavy atom. The van der Waals surface area contributed by atoms with Gasteiger partial charge in [0.15, 0.2) is 0 Å². The van der Waals surface area contributed by atoms with Gasteiger partial charge in [0.25, 0.3) is 0 Å². The summed E-state index contributed by atoms with van der Waals surface area (Å²) in [5.41, 5.74) is 5.03. The molecule has 1 N–H and O–H groups in total. The van der Waals surface area contributed by atoms with Crippen LogP contribution in [0.15, 0.2) is 128 Å². The first kappa shape index (κ1) is 18.1. The normalized spacial score (nSPS) is 11.3. The van der Waals surface area contributed by atoms with Crippen molar-refractivity contribution in [3.63, 3.8) is 0 Å². The first-order valence-corrected chi connectivity index (χ1v) is 10.2. The Morgan fingerprint density at radius 2 is 0.967 bits per heavy atom. The van der Waals surface area contributed by atoms with E-state index in [1.165, 1.54) is 16.7 Å². The molecule has 0 aliphatic heterocycles. The lowest BCUT2D eigenvalue weighted by Gasteiger charge is -2.38. The van der Waals surface area contributed by atoms with Gasteiger partial charge in [0.1, 0.15) is 5.54 Å². The van der Waals surface area contributed by atoms with Crippen molar-refractivity contribution in [1.29, 1.82) is 0 Å². The van der Waals surface area contributed by atoms with Gasteiger partial charge in [-0.2, -0.15) is 0 Å². The van der Waals surface area contributed by atoms with Crippen molar-refractivity contribution in [1.82, 2.24) is 4.98 Å². The average Bonchev–Trinajstić information content (AvgIpc) is 2.84. The largest absolute Gasteiger partial charge is 0.367 e. The molecular formula is C28H22N2. The molecule has 0 aliphatic rings. The third-order valence-corrected chi connectivity index (χ3v) is 5.59. The van der Waals surface area contributed by atoms with Gasteiger partial charge in [-0.05, 0) is 28.8 Å². The molecule has 5 aromatic rings. The first-order valence-electron chi connectivity index (χ1n) is 10.2. The number of hydrogen-bond donors (Lipinski definition) is 1. The highest BCUT2D eigenvalue weighted by molar-refractivity contribution is 5.91. The Balaban J connectivity index is 1.82. The first-order chi connectivity index (χ1) is 14.9. The zero-order valence-corrected chi connectivity index (χ0v) is 16.6. The molecule has 0 bridgehead atoms. The summed E-state index contributed by atoms with van der Waals surface area (Å²) in [7, 11) is 0. The van der Waals surface area contributed by atoms with Crippen LogP contribution in [-0.4, -0.2) is 4.98 Å². The summed E-state index contributed by atoms with van der Waals surface area (Å²) in [6, 6.07) is 42.2. The minimum atomic E-state index is -0.548. The monoisotopic (exact) mass is 386 g/mol. The molecule has 0 saturated heterocycles. The summed E-state index contributed by atoms with van der Waals surface area (Å²) in [5, 5.41) is 5.05. The summed E-state index contributed by atoms with van der Waals surface area (Å²) < 4.78 is 0. The minimum absolute atomic E-state index is 0.548. The van der Waals surface area contributed by atoms with Crippen LogP contribution >= 0.6 is 0 Å². The highest BCUT2D eigenvalue weighted by Crippen LogP contribution is 2.41. The zero-order valence-electron chi connectivity index (χ0n) is 16.6. The summed E-state index contributed by atoms with van der Waals surface area (Å²) in [6.07, 6.45) is 1.87. The van der Waals surface area contributed by atoms with E-state index >= 15 is 0 Å². The molecule has 0 aliphatic carbocycles. The number of aromatic nitrogens is 1. The molecule has 0 fully saturated rings. The molecule has 30 heavy (non-hydrogen) atoms. The Kier molecular flexibility index (Phi) is 4.74. The molecule has 1 heterocycles. The van der Waals surface area contributed by atoms with Crippen LogP contribution in [0, 0.1) is 0 Å². The number of fused-ring (bicyclic) bond motifs is 1. The van der Waals surface area contributed by atoms with E-state index in [1.54, 1.807) is 0 Å². The lowest BCUT2D eigenvalue weighted by atomic mass is 9.76. The summed E-state index contributed by atoms with van der Waals surface area (Å²) >= 11 is 0. The second-order valence-electron chi connectivity index (χ2n) is 7.35. The molecule has 1 aromatic heterocycles. The predicted octanol–water partition coefficient (Wildman–Crippen LogP) is 6.64. The SMILES string of the molecule is c1ccc(C(Nc2ccnc3ccccc23)(c2ccccc2)c2ccccc2)cc1. The van der Waals surface area contributed by atoms with Crippen molar-refractivity contribution in [3.8, 4) is 0 Å². The maximum atomic E-state index is 4.55. The van der Waals surface area contributed by atoms with Gasteiger partial charge in [-0.25, -0.2) is 0 Å². The van der Waals surface area contributed by atoms with E-state index in [-0.39, 0.29) is 0 Å². The van der Waals surface area contributed by atoms with Crippen LogP contribution in [0.2, 0.25) is 0 Å². The Morgan fingerprint density at radius 1 is 0.500 bits per heavy atom. The van der Waals surface area contributed by atoms with E-state index < -0.39 is 5.54 Å². The molecule has 0 saturated carbocycles. The van der Waals surface area contributed by atoms with E-state index in [4.69, 9.17) is 0 Å². The van der Waals surface area contributed by atoms with Crippen LogP contribution in [0.5, 0.6) is 0 Å². The van der Waals surface area contributed by atoms with Crippen molar-refractivity contribution >= 4 is 16.6 Å². The van der Waals surface area contributed by atoms with Crippen LogP contribution < -0.4 is 5.32 Å². The molecule has 5 rings (SSSR count). The van der Waals surface area contributed by atoms with Crippen LogP contribution in [0.1, 0.15) is 16.7 Å². The van der Waals surface area contributed by atoms with Gasteiger partial charge in [0, 0.05) is 17.3 Å². The predicted molar refractivity (Wildman–Crippen MR) is 125 cm³/mol. The van der Waals surface area contributed by atoms with E-state index in [1.807, 2.05) is 12.3 Å². The van der Waals surface area contributed by atoms with Gasteiger partial charge in [-0.15, -0.1) is 0 Å². The lowest BCUT2D eigenvalue weighted by molar-refractivity contribution is 0.713. The van der Waals surface area contributed by atoms with E-state index in [2.05, 4.69) is 126 Å². The number of pyridine rings is 1. The lowest BCUT2D eigenvalue weighted by Crippen LogP contribution is -2.38. The van der Waals surface area contributed by atoms with Crippen LogP contribution in [0.25, 0.3) is 10.9 Å². The molecular weight excluding hydrogens is 364 g/mol. The average molecular weight is 386 g/mol. The fourth-order valence-corrected chi connectivity index (χ4v) is 4.19. The van der Waals surface area contributed by atoms with E-state index in [9.17, 15) is 0 Å². The number of rotatable bonds is 5. The minimum Gasteiger partial charge on any atom is -0.367 e. The standard InChI is InChI=1S/C28H22N2/c1-4-12-22(13-5-1)28(23-14-6-2-7-15-23,24-16-8-3-9-17-24)30-27-20-21-29-26-19-11-10-18-25(26)27/h1-21H,(H,29,30). The van der Waals surface area contributed by atoms with Crippen LogP contribution in [0.4, 0.5) is 5.69 Å². The number of nitrogens with zero attached hydrogens (tertiary/aromatic N) is 1. The Labute approximate surface area is 176 Å². The van der Waals surface area contributed by atoms with Crippen molar-refractivity contribution in [2.24, 2.45) is 0 Å². The number of benzene rings is 4. The number of hydrogen-bond acceptors (Lipinski definition) is 2. The smallest absolute Gasteiger partial charge is 0.114 e. The third-order valence-electron chi connectivity index (χ3n) is 5.59. The topological polar surface area (TPSA) is 24.9 Å². The van der Waals surface area contributed by atoms with Crippen molar-refractivity contribution < 1.29 is 0 Å². The Bertz CT molecular complexity index is 1150. The van der Waals surface area contributed by atoms with Crippen molar-refractivity contribution in [2.45, 2.75) is 5.54 Å². The molecule has 0 spiro atoms. The summed E-state index contributed by atoms with van der Waals surface area (Å²) in [6.45, 7) is 0. The highest BCUT2D eigenvalue weighted by Gasteiger charge is 2.36. The molecule has 0 unspecified atom stereocenters. The second kappa shape index (κ2) is 7.84. The molecule has 2 heteroatoms. The van der Waals surface area contributed by atoms with Gasteiger partial charge >= 0.3 is 0 Å². The molecule has 0 amide bonds. The molecule has 0 radical (unpaired) electrons. The van der Waals surface area contributed by atoms with Gasteiger partial charge in [0.2, 0.25) is 0 Å². The van der Waals surface area contributed by atoms with Crippen molar-refractivity contribution in [3.05, 3.63) is 144 Å².